The van der Waals surface area contributed by atoms with Crippen molar-refractivity contribution in [3.05, 3.63) is 24.5 Å². The average molecular weight is 408 g/mol. The van der Waals surface area contributed by atoms with E-state index in [1.165, 1.54) is 11.8 Å². The number of nitrogens with zero attached hydrogens (tertiary/aromatic N) is 4. The van der Waals surface area contributed by atoms with Crippen molar-refractivity contribution in [1.29, 1.82) is 0 Å². The van der Waals surface area contributed by atoms with Crippen molar-refractivity contribution in [2.45, 2.75) is 42.9 Å². The van der Waals surface area contributed by atoms with Crippen LogP contribution in [-0.4, -0.2) is 56.9 Å². The highest BCUT2D eigenvalue weighted by molar-refractivity contribution is 7.99. The summed E-state index contributed by atoms with van der Waals surface area (Å²) in [5.74, 6) is 0.879. The van der Waals surface area contributed by atoms with Crippen LogP contribution in [0.3, 0.4) is 0 Å². The lowest BCUT2D eigenvalue weighted by Gasteiger charge is -2.23. The molecular formula is C17H21N5O3S2. The molecule has 1 aliphatic heterocycles. The van der Waals surface area contributed by atoms with Crippen molar-refractivity contribution in [2.24, 2.45) is 0 Å². The van der Waals surface area contributed by atoms with E-state index in [4.69, 9.17) is 0 Å². The Hall–Kier alpha value is -1.94. The van der Waals surface area contributed by atoms with Gasteiger partial charge >= 0.3 is 0 Å². The molecule has 2 fully saturated rings. The third kappa shape index (κ3) is 4.16. The van der Waals surface area contributed by atoms with Gasteiger partial charge in [-0.15, -0.1) is 10.2 Å². The van der Waals surface area contributed by atoms with E-state index in [-0.39, 0.29) is 23.2 Å². The van der Waals surface area contributed by atoms with Gasteiger partial charge in [-0.05, 0) is 38.3 Å². The smallest absolute Gasteiger partial charge is 0.230 e. The van der Waals surface area contributed by atoms with Gasteiger partial charge in [-0.25, -0.2) is 8.42 Å². The lowest BCUT2D eigenvalue weighted by Crippen LogP contribution is -2.47. The van der Waals surface area contributed by atoms with Gasteiger partial charge in [-0.2, -0.15) is 0 Å². The van der Waals surface area contributed by atoms with Crippen LogP contribution in [0.5, 0.6) is 0 Å². The molecule has 1 amide bonds. The van der Waals surface area contributed by atoms with Gasteiger partial charge in [0.25, 0.3) is 0 Å². The molecule has 2 aliphatic rings. The minimum Gasteiger partial charge on any atom is -0.349 e. The lowest BCUT2D eigenvalue weighted by atomic mass is 10.0. The maximum Gasteiger partial charge on any atom is 0.230 e. The van der Waals surface area contributed by atoms with E-state index >= 15 is 0 Å². The molecule has 2 aromatic heterocycles. The highest BCUT2D eigenvalue weighted by Crippen LogP contribution is 2.40. The van der Waals surface area contributed by atoms with Crippen molar-refractivity contribution in [2.75, 3.05) is 17.3 Å². The summed E-state index contributed by atoms with van der Waals surface area (Å²) in [7, 11) is -3.06. The maximum absolute atomic E-state index is 12.4. The highest BCUT2D eigenvalue weighted by Gasteiger charge is 2.39. The summed E-state index contributed by atoms with van der Waals surface area (Å²) >= 11 is 1.33. The zero-order chi connectivity index (χ0) is 19.1. The summed E-state index contributed by atoms with van der Waals surface area (Å²) in [5.41, 5.74) is 0.221. The summed E-state index contributed by atoms with van der Waals surface area (Å²) in [6, 6.07) is 4.16. The van der Waals surface area contributed by atoms with Crippen LogP contribution in [0.4, 0.5) is 0 Å². The van der Waals surface area contributed by atoms with E-state index in [1.54, 1.807) is 19.3 Å². The number of pyridine rings is 1. The summed E-state index contributed by atoms with van der Waals surface area (Å²) in [5, 5.41) is 12.2. The van der Waals surface area contributed by atoms with E-state index in [9.17, 15) is 13.2 Å². The summed E-state index contributed by atoms with van der Waals surface area (Å²) in [6.45, 7) is 1.79. The number of sulfone groups is 1. The molecule has 4 rings (SSSR count). The van der Waals surface area contributed by atoms with Crippen LogP contribution in [0.15, 0.2) is 29.7 Å². The molecule has 8 nitrogen and oxygen atoms in total. The second kappa shape index (κ2) is 6.90. The number of carbonyl (C=O) groups excluding carboxylic acids is 1. The Morgan fingerprint density at radius 2 is 2.22 bits per heavy atom. The normalized spacial score (nSPS) is 24.0. The van der Waals surface area contributed by atoms with Gasteiger partial charge in [-0.1, -0.05) is 11.8 Å². The first-order chi connectivity index (χ1) is 12.9. The van der Waals surface area contributed by atoms with Gasteiger partial charge < -0.3 is 5.32 Å². The molecule has 1 atom stereocenters. The SMILES string of the molecule is CC1(NC(=O)CSc2nnc(-c3cccnc3)n2C2CC2)CCS(=O)(=O)C1. The second-order valence-corrected chi connectivity index (χ2v) is 10.5. The van der Waals surface area contributed by atoms with Gasteiger partial charge in [0.2, 0.25) is 5.91 Å². The molecule has 3 heterocycles. The Kier molecular flexibility index (Phi) is 4.71. The molecule has 1 unspecified atom stereocenters. The van der Waals surface area contributed by atoms with Crippen LogP contribution < -0.4 is 5.32 Å². The largest absolute Gasteiger partial charge is 0.349 e. The van der Waals surface area contributed by atoms with E-state index < -0.39 is 15.4 Å². The Morgan fingerprint density at radius 1 is 1.41 bits per heavy atom. The first-order valence-corrected chi connectivity index (χ1v) is 11.7. The maximum atomic E-state index is 12.4. The zero-order valence-corrected chi connectivity index (χ0v) is 16.6. The van der Waals surface area contributed by atoms with Crippen molar-refractivity contribution >= 4 is 27.5 Å². The standard InChI is InChI=1S/C17H21N5O3S2/c1-17(6-8-27(24,25)11-17)19-14(23)10-26-16-21-20-15(22(16)13-4-5-13)12-3-2-7-18-9-12/h2-3,7,9,13H,4-6,8,10-11H2,1H3,(H,19,23). The average Bonchev–Trinajstić information content (AvgIpc) is 3.31. The van der Waals surface area contributed by atoms with E-state index in [2.05, 4.69) is 25.1 Å². The fourth-order valence-electron chi connectivity index (χ4n) is 3.34. The summed E-state index contributed by atoms with van der Waals surface area (Å²) < 4.78 is 25.5. The first-order valence-electron chi connectivity index (χ1n) is 8.85. The fraction of sp³-hybridized carbons (Fsp3) is 0.529. The number of aromatic nitrogens is 4. The topological polar surface area (TPSA) is 107 Å². The van der Waals surface area contributed by atoms with Crippen molar-refractivity contribution in [3.8, 4) is 11.4 Å². The Morgan fingerprint density at radius 3 is 2.85 bits per heavy atom. The molecule has 1 saturated heterocycles. The lowest BCUT2D eigenvalue weighted by molar-refractivity contribution is -0.120. The molecule has 1 N–H and O–H groups in total. The van der Waals surface area contributed by atoms with Crippen LogP contribution in [-0.2, 0) is 14.6 Å². The molecular weight excluding hydrogens is 386 g/mol. The fourth-order valence-corrected chi connectivity index (χ4v) is 6.24. The van der Waals surface area contributed by atoms with Gasteiger partial charge in [-0.3, -0.25) is 14.3 Å². The Bertz CT molecular complexity index is 956. The molecule has 1 saturated carbocycles. The van der Waals surface area contributed by atoms with Crippen LogP contribution >= 0.6 is 11.8 Å². The van der Waals surface area contributed by atoms with E-state index in [0.717, 1.165) is 24.2 Å². The number of nitrogens with one attached hydrogen (secondary N) is 1. The number of rotatable bonds is 6. The molecule has 1 aliphatic carbocycles. The minimum atomic E-state index is -3.06. The number of thioether (sulfide) groups is 1. The molecule has 0 spiro atoms. The van der Waals surface area contributed by atoms with Gasteiger partial charge in [0.15, 0.2) is 20.8 Å². The van der Waals surface area contributed by atoms with Gasteiger partial charge in [0.05, 0.1) is 22.8 Å². The Balaban J connectivity index is 1.44. The third-order valence-electron chi connectivity index (χ3n) is 4.77. The van der Waals surface area contributed by atoms with E-state index in [0.29, 0.717) is 17.6 Å². The van der Waals surface area contributed by atoms with Crippen molar-refractivity contribution in [3.63, 3.8) is 0 Å². The molecule has 0 bridgehead atoms. The number of hydrogen-bond donors (Lipinski definition) is 1. The third-order valence-corrected chi connectivity index (χ3v) is 7.62. The predicted molar refractivity (Wildman–Crippen MR) is 102 cm³/mol. The van der Waals surface area contributed by atoms with Gasteiger partial charge in [0, 0.05) is 24.0 Å². The number of hydrogen-bond acceptors (Lipinski definition) is 7. The quantitative estimate of drug-likeness (QED) is 0.723. The molecule has 0 aromatic carbocycles. The van der Waals surface area contributed by atoms with Crippen LogP contribution in [0.1, 0.15) is 32.2 Å². The van der Waals surface area contributed by atoms with Crippen LogP contribution in [0.25, 0.3) is 11.4 Å². The monoisotopic (exact) mass is 407 g/mol. The van der Waals surface area contributed by atoms with Gasteiger partial charge in [0.1, 0.15) is 0 Å². The molecule has 27 heavy (non-hydrogen) atoms. The first kappa shape index (κ1) is 18.4. The highest BCUT2D eigenvalue weighted by atomic mass is 32.2. The number of amides is 1. The molecule has 10 heteroatoms. The second-order valence-electron chi connectivity index (χ2n) is 7.39. The summed E-state index contributed by atoms with van der Waals surface area (Å²) in [4.78, 5) is 16.5. The van der Waals surface area contributed by atoms with Crippen LogP contribution in [0, 0.1) is 0 Å². The zero-order valence-electron chi connectivity index (χ0n) is 15.0. The molecule has 2 aromatic rings. The Labute approximate surface area is 162 Å². The molecule has 0 radical (unpaired) electrons. The van der Waals surface area contributed by atoms with Crippen molar-refractivity contribution < 1.29 is 13.2 Å². The number of carbonyl (C=O) groups is 1. The summed E-state index contributed by atoms with van der Waals surface area (Å²) in [6.07, 6.45) is 6.06. The molecule has 144 valence electrons. The predicted octanol–water partition coefficient (Wildman–Crippen LogP) is 1.46. The van der Waals surface area contributed by atoms with E-state index in [1.807, 2.05) is 12.1 Å². The minimum absolute atomic E-state index is 0.000180. The van der Waals surface area contributed by atoms with Crippen LogP contribution in [0.2, 0.25) is 0 Å². The van der Waals surface area contributed by atoms with Crippen molar-refractivity contribution in [1.82, 2.24) is 25.1 Å².